The van der Waals surface area contributed by atoms with Crippen molar-refractivity contribution in [2.75, 3.05) is 7.11 Å². The molecule has 2 aromatic rings. The van der Waals surface area contributed by atoms with Crippen molar-refractivity contribution in [3.8, 4) is 5.88 Å². The Hall–Kier alpha value is -2.83. The van der Waals surface area contributed by atoms with E-state index < -0.39 is 17.9 Å². The lowest BCUT2D eigenvalue weighted by atomic mass is 10.1. The van der Waals surface area contributed by atoms with Gasteiger partial charge in [-0.25, -0.2) is 9.78 Å². The zero-order valence-corrected chi connectivity index (χ0v) is 13.2. The first-order valence-corrected chi connectivity index (χ1v) is 7.71. The van der Waals surface area contributed by atoms with Gasteiger partial charge in [0.2, 0.25) is 5.88 Å². The SMILES string of the molecule is COc1nc2c(cc1C(=O)NC(Cc1ccco1)C(=O)O)CCC2. The minimum absolute atomic E-state index is 0.0642. The first-order valence-electron chi connectivity index (χ1n) is 7.71. The Balaban J connectivity index is 1.81. The summed E-state index contributed by atoms with van der Waals surface area (Å²) in [6.45, 7) is 0. The Morgan fingerprint density at radius 3 is 2.96 bits per heavy atom. The average molecular weight is 330 g/mol. The number of nitrogens with one attached hydrogen (secondary N) is 1. The standard InChI is InChI=1S/C17H18N2O5/c1-23-16-12(8-10-4-2-6-13(10)19-16)15(20)18-14(17(21)22)9-11-5-3-7-24-11/h3,5,7-8,14H,2,4,6,9H2,1H3,(H,18,20)(H,21,22). The first kappa shape index (κ1) is 16.0. The average Bonchev–Trinajstić information content (AvgIpc) is 3.23. The summed E-state index contributed by atoms with van der Waals surface area (Å²) in [5.41, 5.74) is 2.21. The second kappa shape index (κ2) is 6.74. The molecule has 1 atom stereocenters. The van der Waals surface area contributed by atoms with E-state index in [1.807, 2.05) is 0 Å². The van der Waals surface area contributed by atoms with Crippen LogP contribution in [0.15, 0.2) is 28.9 Å². The number of nitrogens with zero attached hydrogens (tertiary/aromatic N) is 1. The van der Waals surface area contributed by atoms with E-state index in [0.717, 1.165) is 30.5 Å². The minimum Gasteiger partial charge on any atom is -0.480 e. The van der Waals surface area contributed by atoms with Crippen LogP contribution in [0.25, 0.3) is 0 Å². The highest BCUT2D eigenvalue weighted by atomic mass is 16.5. The second-order valence-electron chi connectivity index (χ2n) is 5.65. The zero-order valence-electron chi connectivity index (χ0n) is 13.2. The maximum atomic E-state index is 12.5. The van der Waals surface area contributed by atoms with Gasteiger partial charge in [0.05, 0.1) is 13.4 Å². The molecule has 1 unspecified atom stereocenters. The summed E-state index contributed by atoms with van der Waals surface area (Å²) in [6.07, 6.45) is 4.25. The van der Waals surface area contributed by atoms with Crippen LogP contribution >= 0.6 is 0 Å². The number of methoxy groups -OCH3 is 1. The molecular weight excluding hydrogens is 312 g/mol. The largest absolute Gasteiger partial charge is 0.480 e. The highest BCUT2D eigenvalue weighted by Gasteiger charge is 2.26. The molecule has 24 heavy (non-hydrogen) atoms. The number of hydrogen-bond donors (Lipinski definition) is 2. The number of amides is 1. The highest BCUT2D eigenvalue weighted by Crippen LogP contribution is 2.26. The molecule has 7 nitrogen and oxygen atoms in total. The number of hydrogen-bond acceptors (Lipinski definition) is 5. The third kappa shape index (κ3) is 3.24. The number of carboxylic acids is 1. The number of furan rings is 1. The quantitative estimate of drug-likeness (QED) is 0.834. The Morgan fingerprint density at radius 1 is 1.46 bits per heavy atom. The summed E-state index contributed by atoms with van der Waals surface area (Å²) in [6, 6.07) is 3.99. The molecular formula is C17H18N2O5. The number of aryl methyl sites for hydroxylation is 2. The number of carbonyl (C=O) groups is 2. The van der Waals surface area contributed by atoms with Gasteiger partial charge in [-0.3, -0.25) is 4.79 Å². The normalized spacial score (nSPS) is 14.0. The Kier molecular flexibility index (Phi) is 4.50. The smallest absolute Gasteiger partial charge is 0.326 e. The summed E-state index contributed by atoms with van der Waals surface area (Å²) in [7, 11) is 1.44. The molecule has 0 saturated carbocycles. The van der Waals surface area contributed by atoms with Crippen molar-refractivity contribution in [3.63, 3.8) is 0 Å². The number of aromatic nitrogens is 1. The fraction of sp³-hybridized carbons (Fsp3) is 0.353. The van der Waals surface area contributed by atoms with Crippen LogP contribution in [0, 0.1) is 0 Å². The van der Waals surface area contributed by atoms with Crippen LogP contribution in [0.5, 0.6) is 5.88 Å². The van der Waals surface area contributed by atoms with Crippen molar-refractivity contribution in [2.24, 2.45) is 0 Å². The van der Waals surface area contributed by atoms with Crippen molar-refractivity contribution >= 4 is 11.9 Å². The van der Waals surface area contributed by atoms with E-state index >= 15 is 0 Å². The van der Waals surface area contributed by atoms with E-state index in [4.69, 9.17) is 9.15 Å². The number of carboxylic acid groups (broad SMARTS) is 1. The molecule has 0 bridgehead atoms. The van der Waals surface area contributed by atoms with E-state index in [-0.39, 0.29) is 17.9 Å². The molecule has 1 aliphatic rings. The van der Waals surface area contributed by atoms with Crippen molar-refractivity contribution < 1.29 is 23.8 Å². The van der Waals surface area contributed by atoms with Crippen molar-refractivity contribution in [3.05, 3.63) is 47.0 Å². The molecule has 0 radical (unpaired) electrons. The number of carbonyl (C=O) groups excluding carboxylic acids is 1. The molecule has 126 valence electrons. The van der Waals surface area contributed by atoms with Gasteiger partial charge in [0.15, 0.2) is 0 Å². The van der Waals surface area contributed by atoms with Gasteiger partial charge in [-0.15, -0.1) is 0 Å². The van der Waals surface area contributed by atoms with Crippen molar-refractivity contribution in [1.82, 2.24) is 10.3 Å². The molecule has 2 aromatic heterocycles. The monoisotopic (exact) mass is 330 g/mol. The molecule has 2 heterocycles. The van der Waals surface area contributed by atoms with Crippen molar-refractivity contribution in [2.45, 2.75) is 31.7 Å². The lowest BCUT2D eigenvalue weighted by Gasteiger charge is -2.15. The summed E-state index contributed by atoms with van der Waals surface area (Å²) < 4.78 is 10.4. The molecule has 0 saturated heterocycles. The van der Waals surface area contributed by atoms with Gasteiger partial charge in [-0.2, -0.15) is 0 Å². The van der Waals surface area contributed by atoms with E-state index in [2.05, 4.69) is 10.3 Å². The van der Waals surface area contributed by atoms with Gasteiger partial charge in [0.25, 0.3) is 5.91 Å². The van der Waals surface area contributed by atoms with Crippen LogP contribution in [0.1, 0.15) is 33.8 Å². The predicted octanol–water partition coefficient (Wildman–Crippen LogP) is 1.60. The van der Waals surface area contributed by atoms with Gasteiger partial charge in [-0.1, -0.05) is 0 Å². The molecule has 7 heteroatoms. The number of aliphatic carboxylic acids is 1. The summed E-state index contributed by atoms with van der Waals surface area (Å²) in [5.74, 6) is -0.946. The molecule has 1 aliphatic carbocycles. The summed E-state index contributed by atoms with van der Waals surface area (Å²) >= 11 is 0. The fourth-order valence-corrected chi connectivity index (χ4v) is 2.84. The van der Waals surface area contributed by atoms with Crippen molar-refractivity contribution in [1.29, 1.82) is 0 Å². The topological polar surface area (TPSA) is 102 Å². The van der Waals surface area contributed by atoms with Gasteiger partial charge >= 0.3 is 5.97 Å². The first-order chi connectivity index (χ1) is 11.6. The van der Waals surface area contributed by atoms with Gasteiger partial charge in [0, 0.05) is 12.1 Å². The second-order valence-corrected chi connectivity index (χ2v) is 5.65. The third-order valence-electron chi connectivity index (χ3n) is 4.04. The lowest BCUT2D eigenvalue weighted by Crippen LogP contribution is -2.42. The maximum absolute atomic E-state index is 12.5. The summed E-state index contributed by atoms with van der Waals surface area (Å²) in [4.78, 5) is 28.3. The Bertz CT molecular complexity index is 755. The van der Waals surface area contributed by atoms with E-state index in [0.29, 0.717) is 5.76 Å². The van der Waals surface area contributed by atoms with Crippen LogP contribution in [0.4, 0.5) is 0 Å². The number of fused-ring (bicyclic) bond motifs is 1. The Labute approximate surface area is 138 Å². The number of pyridine rings is 1. The van der Waals surface area contributed by atoms with Crippen LogP contribution in [-0.2, 0) is 24.1 Å². The molecule has 1 amide bonds. The predicted molar refractivity (Wildman–Crippen MR) is 84.1 cm³/mol. The molecule has 0 fully saturated rings. The molecule has 0 spiro atoms. The third-order valence-corrected chi connectivity index (χ3v) is 4.04. The van der Waals surface area contributed by atoms with Gasteiger partial charge in [0.1, 0.15) is 17.4 Å². The van der Waals surface area contributed by atoms with Gasteiger partial charge < -0.3 is 19.6 Å². The van der Waals surface area contributed by atoms with E-state index in [9.17, 15) is 14.7 Å². The van der Waals surface area contributed by atoms with Gasteiger partial charge in [-0.05, 0) is 43.0 Å². The van der Waals surface area contributed by atoms with Crippen LogP contribution in [0.3, 0.4) is 0 Å². The maximum Gasteiger partial charge on any atom is 0.326 e. The number of rotatable bonds is 6. The Morgan fingerprint density at radius 2 is 2.29 bits per heavy atom. The van der Waals surface area contributed by atoms with Crippen LogP contribution < -0.4 is 10.1 Å². The summed E-state index contributed by atoms with van der Waals surface area (Å²) in [5, 5.41) is 11.9. The van der Waals surface area contributed by atoms with Crippen LogP contribution in [-0.4, -0.2) is 35.1 Å². The van der Waals surface area contributed by atoms with Crippen LogP contribution in [0.2, 0.25) is 0 Å². The highest BCUT2D eigenvalue weighted by molar-refractivity contribution is 5.98. The fourth-order valence-electron chi connectivity index (χ4n) is 2.84. The molecule has 0 aliphatic heterocycles. The van der Waals surface area contributed by atoms with E-state index in [1.54, 1.807) is 18.2 Å². The molecule has 2 N–H and O–H groups in total. The zero-order chi connectivity index (χ0) is 17.1. The van der Waals surface area contributed by atoms with E-state index in [1.165, 1.54) is 13.4 Å². The minimum atomic E-state index is -1.13. The molecule has 3 rings (SSSR count). The molecule has 0 aromatic carbocycles. The lowest BCUT2D eigenvalue weighted by molar-refractivity contribution is -0.139. The number of ether oxygens (including phenoxy) is 1.